The number of halogens is 1. The monoisotopic (exact) mass is 548 g/mol. The number of fused-ring (bicyclic) bond motifs is 1. The Morgan fingerprint density at radius 1 is 1.00 bits per heavy atom. The zero-order valence-electron chi connectivity index (χ0n) is 18.1. The summed E-state index contributed by atoms with van der Waals surface area (Å²) in [6.07, 6.45) is 1.92. The van der Waals surface area contributed by atoms with Crippen molar-refractivity contribution >= 4 is 47.2 Å². The van der Waals surface area contributed by atoms with Crippen molar-refractivity contribution in [1.82, 2.24) is 30.1 Å². The number of guanidine groups is 1. The number of hydrogen-bond acceptors (Lipinski definition) is 5. The Hall–Kier alpha value is -2.89. The minimum atomic E-state index is 0. The van der Waals surface area contributed by atoms with Gasteiger partial charge >= 0.3 is 0 Å². The number of carbonyl (C=O) groups excluding carboxylic acids is 1. The summed E-state index contributed by atoms with van der Waals surface area (Å²) in [6, 6.07) is 16.1. The highest BCUT2D eigenvalue weighted by Crippen LogP contribution is 2.15. The van der Waals surface area contributed by atoms with Gasteiger partial charge in [-0.3, -0.25) is 9.20 Å². The molecule has 0 aliphatic carbocycles. The van der Waals surface area contributed by atoms with E-state index >= 15 is 0 Å². The molecule has 170 valence electrons. The molecule has 4 rings (SSSR count). The molecule has 0 radical (unpaired) electrons. The number of aromatic nitrogens is 3. The summed E-state index contributed by atoms with van der Waals surface area (Å²) < 4.78 is 1.91. The maximum atomic E-state index is 12.7. The Morgan fingerprint density at radius 3 is 2.50 bits per heavy atom. The fraction of sp³-hybridized carbons (Fsp3) is 0.364. The highest BCUT2D eigenvalue weighted by atomic mass is 127. The average Bonchev–Trinajstić information content (AvgIpc) is 3.24. The number of para-hydroxylation sites is 1. The van der Waals surface area contributed by atoms with Crippen LogP contribution in [0.25, 0.3) is 5.65 Å². The molecule has 9 nitrogen and oxygen atoms in total. The molecule has 3 heterocycles. The number of carbonyl (C=O) groups is 1. The van der Waals surface area contributed by atoms with Crippen molar-refractivity contribution in [2.45, 2.75) is 13.5 Å². The molecule has 0 saturated carbocycles. The zero-order chi connectivity index (χ0) is 21.5. The molecule has 0 bridgehead atoms. The summed E-state index contributed by atoms with van der Waals surface area (Å²) in [7, 11) is 0. The molecule has 1 fully saturated rings. The smallest absolute Gasteiger partial charge is 0.242 e. The van der Waals surface area contributed by atoms with Gasteiger partial charge in [-0.25, -0.2) is 4.99 Å². The molecule has 10 heteroatoms. The summed E-state index contributed by atoms with van der Waals surface area (Å²) in [6.45, 7) is 6.38. The first-order valence-corrected chi connectivity index (χ1v) is 10.6. The van der Waals surface area contributed by atoms with E-state index < -0.39 is 0 Å². The molecular formula is C22H29IN8O. The van der Waals surface area contributed by atoms with Crippen LogP contribution in [0.4, 0.5) is 5.69 Å². The number of rotatable bonds is 6. The number of aliphatic imine (C=N–C) groups is 1. The van der Waals surface area contributed by atoms with Gasteiger partial charge < -0.3 is 20.4 Å². The third kappa shape index (κ3) is 5.87. The number of anilines is 1. The molecule has 2 aromatic heterocycles. The Kier molecular flexibility index (Phi) is 8.65. The Morgan fingerprint density at radius 2 is 1.75 bits per heavy atom. The van der Waals surface area contributed by atoms with Gasteiger partial charge in [0.15, 0.2) is 17.4 Å². The molecule has 32 heavy (non-hydrogen) atoms. The van der Waals surface area contributed by atoms with Gasteiger partial charge in [0.25, 0.3) is 0 Å². The zero-order valence-corrected chi connectivity index (χ0v) is 20.5. The van der Waals surface area contributed by atoms with Crippen molar-refractivity contribution < 1.29 is 4.79 Å². The van der Waals surface area contributed by atoms with Crippen LogP contribution >= 0.6 is 24.0 Å². The molecule has 1 saturated heterocycles. The lowest BCUT2D eigenvalue weighted by molar-refractivity contribution is -0.130. The van der Waals surface area contributed by atoms with Gasteiger partial charge in [-0.15, -0.1) is 34.2 Å². The summed E-state index contributed by atoms with van der Waals surface area (Å²) >= 11 is 0. The lowest BCUT2D eigenvalue weighted by Crippen LogP contribution is -2.52. The van der Waals surface area contributed by atoms with Crippen LogP contribution in [-0.4, -0.2) is 70.6 Å². The summed E-state index contributed by atoms with van der Waals surface area (Å²) in [5.41, 5.74) is 1.99. The maximum Gasteiger partial charge on any atom is 0.242 e. The number of nitrogens with zero attached hydrogens (tertiary/aromatic N) is 6. The van der Waals surface area contributed by atoms with Crippen LogP contribution in [0.2, 0.25) is 0 Å². The normalized spacial score (nSPS) is 14.2. The summed E-state index contributed by atoms with van der Waals surface area (Å²) in [4.78, 5) is 21.5. The van der Waals surface area contributed by atoms with E-state index in [4.69, 9.17) is 0 Å². The second-order valence-electron chi connectivity index (χ2n) is 7.30. The first-order valence-electron chi connectivity index (χ1n) is 10.6. The number of nitrogens with one attached hydrogen (secondary N) is 2. The van der Waals surface area contributed by atoms with Crippen molar-refractivity contribution in [3.8, 4) is 0 Å². The van der Waals surface area contributed by atoms with E-state index in [0.717, 1.165) is 37.7 Å². The van der Waals surface area contributed by atoms with Gasteiger partial charge in [0.05, 0.1) is 6.54 Å². The van der Waals surface area contributed by atoms with Crippen LogP contribution in [0.5, 0.6) is 0 Å². The Labute approximate surface area is 204 Å². The number of piperazine rings is 1. The van der Waals surface area contributed by atoms with Gasteiger partial charge in [-0.05, 0) is 31.2 Å². The van der Waals surface area contributed by atoms with E-state index in [1.54, 1.807) is 0 Å². The topological polar surface area (TPSA) is 90.2 Å². The standard InChI is InChI=1S/C22H28N8O.HI/c1-2-23-22(24-16-20-27-26-19-10-6-7-11-30(19)20)25-17-21(31)29-14-12-28(13-15-29)18-8-4-3-5-9-18;/h3-11H,2,12-17H2,1H3,(H2,23,24,25);1H. The first kappa shape index (κ1) is 23.8. The second kappa shape index (κ2) is 11.7. The molecule has 0 unspecified atom stereocenters. The minimum absolute atomic E-state index is 0. The van der Waals surface area contributed by atoms with E-state index in [9.17, 15) is 4.79 Å². The highest BCUT2D eigenvalue weighted by Gasteiger charge is 2.21. The van der Waals surface area contributed by atoms with Crippen molar-refractivity contribution in [3.63, 3.8) is 0 Å². The summed E-state index contributed by atoms with van der Waals surface area (Å²) in [5.74, 6) is 1.41. The van der Waals surface area contributed by atoms with E-state index in [1.807, 2.05) is 58.8 Å². The maximum absolute atomic E-state index is 12.7. The van der Waals surface area contributed by atoms with Crippen LogP contribution in [-0.2, 0) is 11.3 Å². The van der Waals surface area contributed by atoms with Crippen molar-refractivity contribution in [2.24, 2.45) is 4.99 Å². The highest BCUT2D eigenvalue weighted by molar-refractivity contribution is 14.0. The van der Waals surface area contributed by atoms with Crippen molar-refractivity contribution in [2.75, 3.05) is 44.2 Å². The van der Waals surface area contributed by atoms with E-state index in [-0.39, 0.29) is 36.4 Å². The Bertz CT molecular complexity index is 1030. The molecule has 0 atom stereocenters. The van der Waals surface area contributed by atoms with Crippen LogP contribution in [0.1, 0.15) is 12.7 Å². The lowest BCUT2D eigenvalue weighted by atomic mass is 10.2. The molecule has 1 aromatic carbocycles. The minimum Gasteiger partial charge on any atom is -0.368 e. The average molecular weight is 548 g/mol. The molecule has 3 aromatic rings. The van der Waals surface area contributed by atoms with E-state index in [1.165, 1.54) is 5.69 Å². The summed E-state index contributed by atoms with van der Waals surface area (Å²) in [5, 5.41) is 14.7. The van der Waals surface area contributed by atoms with Gasteiger partial charge in [0.2, 0.25) is 5.91 Å². The second-order valence-corrected chi connectivity index (χ2v) is 7.30. The van der Waals surface area contributed by atoms with E-state index in [0.29, 0.717) is 19.0 Å². The Balaban J connectivity index is 0.00000289. The van der Waals surface area contributed by atoms with Crippen molar-refractivity contribution in [3.05, 3.63) is 60.6 Å². The van der Waals surface area contributed by atoms with Gasteiger partial charge in [-0.1, -0.05) is 24.3 Å². The predicted octanol–water partition coefficient (Wildman–Crippen LogP) is 1.75. The molecule has 2 N–H and O–H groups in total. The van der Waals surface area contributed by atoms with Crippen LogP contribution in [0.3, 0.4) is 0 Å². The molecule has 1 amide bonds. The van der Waals surface area contributed by atoms with E-state index in [2.05, 4.69) is 42.9 Å². The predicted molar refractivity (Wildman–Crippen MR) is 136 cm³/mol. The van der Waals surface area contributed by atoms with Crippen LogP contribution < -0.4 is 15.5 Å². The first-order chi connectivity index (χ1) is 15.2. The van der Waals surface area contributed by atoms with Crippen LogP contribution in [0.15, 0.2) is 59.7 Å². The number of hydrogen-bond donors (Lipinski definition) is 2. The number of amides is 1. The third-order valence-electron chi connectivity index (χ3n) is 5.27. The fourth-order valence-electron chi connectivity index (χ4n) is 3.61. The molecular weight excluding hydrogens is 519 g/mol. The molecule has 0 spiro atoms. The third-order valence-corrected chi connectivity index (χ3v) is 5.27. The lowest BCUT2D eigenvalue weighted by Gasteiger charge is -2.36. The van der Waals surface area contributed by atoms with Crippen LogP contribution in [0, 0.1) is 0 Å². The molecule has 1 aliphatic rings. The SMILES string of the molecule is CCNC(=NCc1nnc2ccccn12)NCC(=O)N1CCN(c2ccccc2)CC1.I. The van der Waals surface area contributed by atoms with Crippen molar-refractivity contribution in [1.29, 1.82) is 0 Å². The fourth-order valence-corrected chi connectivity index (χ4v) is 3.61. The quantitative estimate of drug-likeness (QED) is 0.277. The van der Waals surface area contributed by atoms with Gasteiger partial charge in [-0.2, -0.15) is 0 Å². The van der Waals surface area contributed by atoms with Gasteiger partial charge in [0, 0.05) is 44.6 Å². The number of pyridine rings is 1. The van der Waals surface area contributed by atoms with Gasteiger partial charge in [0.1, 0.15) is 6.54 Å². The molecule has 1 aliphatic heterocycles. The number of benzene rings is 1. The largest absolute Gasteiger partial charge is 0.368 e.